The van der Waals surface area contributed by atoms with E-state index in [9.17, 15) is 15.0 Å². The van der Waals surface area contributed by atoms with Crippen LogP contribution in [0.25, 0.3) is 11.0 Å². The third-order valence-corrected chi connectivity index (χ3v) is 8.95. The summed E-state index contributed by atoms with van der Waals surface area (Å²) in [5.41, 5.74) is 2.98. The first kappa shape index (κ1) is 29.6. The van der Waals surface area contributed by atoms with Gasteiger partial charge in [0.05, 0.1) is 12.2 Å². The van der Waals surface area contributed by atoms with Crippen molar-refractivity contribution in [3.05, 3.63) is 51.6 Å². The number of aliphatic hydroxyl groups excluding tert-OH is 2. The van der Waals surface area contributed by atoms with E-state index in [2.05, 4.69) is 40.1 Å². The van der Waals surface area contributed by atoms with Gasteiger partial charge in [0.15, 0.2) is 0 Å². The van der Waals surface area contributed by atoms with E-state index >= 15 is 0 Å². The number of aliphatic hydroxyl groups is 2. The lowest BCUT2D eigenvalue weighted by Gasteiger charge is -2.38. The molecule has 3 aromatic rings. The number of aromatic nitrogens is 4. The normalized spacial score (nSPS) is 19.1. The molecule has 1 saturated carbocycles. The Balaban J connectivity index is 1.30. The number of anilines is 2. The summed E-state index contributed by atoms with van der Waals surface area (Å²) in [5, 5.41) is 24.2. The zero-order valence-corrected chi connectivity index (χ0v) is 25.2. The lowest BCUT2D eigenvalue weighted by molar-refractivity contribution is 0.0854. The average Bonchev–Trinajstić information content (AvgIpc) is 3.43. The molecule has 2 unspecified atom stereocenters. The van der Waals surface area contributed by atoms with Gasteiger partial charge >= 0.3 is 0 Å². The minimum atomic E-state index is -0.853. The second kappa shape index (κ2) is 12.2. The van der Waals surface area contributed by atoms with E-state index in [0.717, 1.165) is 75.5 Å². The minimum Gasteiger partial charge on any atom is -0.393 e. The molecule has 1 saturated heterocycles. The number of pyridine rings is 2. The number of nitrogens with one attached hydrogen (secondary N) is 1. The topological polar surface area (TPSA) is 116 Å². The quantitative estimate of drug-likeness (QED) is 0.318. The molecule has 2 aliphatic rings. The van der Waals surface area contributed by atoms with E-state index in [1.54, 1.807) is 17.7 Å². The maximum atomic E-state index is 13.5. The lowest BCUT2D eigenvalue weighted by Crippen LogP contribution is -2.40. The molecule has 0 radical (unpaired) electrons. The van der Waals surface area contributed by atoms with Crippen LogP contribution in [0.3, 0.4) is 0 Å². The molecule has 0 spiro atoms. The predicted octanol–water partition coefficient (Wildman–Crippen LogP) is 5.38. The number of hydrogen-bond donors (Lipinski definition) is 3. The first-order valence-electron chi connectivity index (χ1n) is 15.3. The van der Waals surface area contributed by atoms with Gasteiger partial charge < -0.3 is 20.4 Å². The monoisotopic (exact) mass is 562 g/mol. The van der Waals surface area contributed by atoms with E-state index < -0.39 is 6.10 Å². The third-order valence-electron chi connectivity index (χ3n) is 8.95. The van der Waals surface area contributed by atoms with Crippen LogP contribution in [0.15, 0.2) is 29.3 Å². The van der Waals surface area contributed by atoms with Crippen molar-refractivity contribution in [2.24, 2.45) is 5.41 Å². The summed E-state index contributed by atoms with van der Waals surface area (Å²) < 4.78 is 1.79. The highest BCUT2D eigenvalue weighted by molar-refractivity contribution is 5.81. The number of nitrogens with zero attached hydrogens (tertiary/aromatic N) is 5. The standard InChI is InChI=1S/C32H46N6O3/c1-20(39)16-32(4,5)19-37-14-12-23(13-15-37)24-10-11-27(33-17-24)35-31-34-18-26-21(2)28(22(3)40)30(41)38(29(26)36-31)25-8-6-7-9-25/h10-11,17-18,20,22-23,25,39-40H,6-9,12-16,19H2,1-5H3,(H,33,34,35,36). The van der Waals surface area contributed by atoms with Gasteiger partial charge in [-0.2, -0.15) is 4.98 Å². The van der Waals surface area contributed by atoms with E-state index in [1.165, 1.54) is 5.56 Å². The number of hydrogen-bond acceptors (Lipinski definition) is 8. The van der Waals surface area contributed by atoms with Crippen molar-refractivity contribution in [1.82, 2.24) is 24.4 Å². The van der Waals surface area contributed by atoms with E-state index in [-0.39, 0.29) is 23.1 Å². The smallest absolute Gasteiger partial charge is 0.258 e. The summed E-state index contributed by atoms with van der Waals surface area (Å²) in [6, 6.07) is 4.20. The highest BCUT2D eigenvalue weighted by Crippen LogP contribution is 2.34. The van der Waals surface area contributed by atoms with Gasteiger partial charge in [0.1, 0.15) is 11.5 Å². The molecule has 0 bridgehead atoms. The third kappa shape index (κ3) is 6.63. The second-order valence-electron chi connectivity index (χ2n) is 13.1. The largest absolute Gasteiger partial charge is 0.393 e. The molecule has 222 valence electrons. The molecule has 9 heteroatoms. The summed E-state index contributed by atoms with van der Waals surface area (Å²) >= 11 is 0. The molecule has 5 rings (SSSR count). The molecule has 41 heavy (non-hydrogen) atoms. The molecule has 0 amide bonds. The Hall–Kier alpha value is -2.88. The number of aryl methyl sites for hydroxylation is 1. The van der Waals surface area contributed by atoms with Crippen molar-refractivity contribution in [3.63, 3.8) is 0 Å². The van der Waals surface area contributed by atoms with Gasteiger partial charge in [-0.3, -0.25) is 9.36 Å². The zero-order valence-electron chi connectivity index (χ0n) is 25.2. The molecule has 2 fully saturated rings. The SMILES string of the molecule is Cc1c(C(C)O)c(=O)n(C2CCCC2)c2nc(Nc3ccc(C4CCN(CC(C)(C)CC(C)O)CC4)cn3)ncc12. The van der Waals surface area contributed by atoms with Gasteiger partial charge in [-0.1, -0.05) is 32.8 Å². The molecule has 3 N–H and O–H groups in total. The Kier molecular flexibility index (Phi) is 8.78. The van der Waals surface area contributed by atoms with Crippen molar-refractivity contribution >= 4 is 22.8 Å². The summed E-state index contributed by atoms with van der Waals surface area (Å²) in [4.78, 5) is 30.1. The Morgan fingerprint density at radius 3 is 2.37 bits per heavy atom. The summed E-state index contributed by atoms with van der Waals surface area (Å²) in [5.74, 6) is 1.55. The van der Waals surface area contributed by atoms with E-state index in [1.807, 2.05) is 26.1 Å². The minimum absolute atomic E-state index is 0.0824. The molecule has 0 aromatic carbocycles. The maximum Gasteiger partial charge on any atom is 0.258 e. The Bertz CT molecular complexity index is 1400. The number of rotatable bonds is 9. The van der Waals surface area contributed by atoms with Gasteiger partial charge in [0.25, 0.3) is 5.56 Å². The van der Waals surface area contributed by atoms with Crippen LogP contribution in [0.1, 0.15) is 107 Å². The van der Waals surface area contributed by atoms with Crippen molar-refractivity contribution in [1.29, 1.82) is 0 Å². The Morgan fingerprint density at radius 2 is 1.76 bits per heavy atom. The van der Waals surface area contributed by atoms with Gasteiger partial charge in [-0.05, 0) is 94.5 Å². The molecule has 1 aliphatic carbocycles. The van der Waals surface area contributed by atoms with Crippen LogP contribution in [-0.2, 0) is 0 Å². The van der Waals surface area contributed by atoms with Gasteiger partial charge in [0, 0.05) is 35.9 Å². The van der Waals surface area contributed by atoms with Gasteiger partial charge in [-0.15, -0.1) is 0 Å². The van der Waals surface area contributed by atoms with Crippen LogP contribution >= 0.6 is 0 Å². The first-order chi connectivity index (χ1) is 19.5. The predicted molar refractivity (Wildman–Crippen MR) is 163 cm³/mol. The van der Waals surface area contributed by atoms with Gasteiger partial charge in [-0.25, -0.2) is 9.97 Å². The fraction of sp³-hybridized carbons (Fsp3) is 0.625. The number of fused-ring (bicyclic) bond motifs is 1. The Labute approximate surface area is 243 Å². The summed E-state index contributed by atoms with van der Waals surface area (Å²) in [6.07, 6.45) is 9.63. The summed E-state index contributed by atoms with van der Waals surface area (Å²) in [6.45, 7) is 13.0. The fourth-order valence-corrected chi connectivity index (χ4v) is 7.14. The maximum absolute atomic E-state index is 13.5. The molecular formula is C32H46N6O3. The second-order valence-corrected chi connectivity index (χ2v) is 13.1. The van der Waals surface area contributed by atoms with Crippen molar-refractivity contribution < 1.29 is 10.2 Å². The lowest BCUT2D eigenvalue weighted by atomic mass is 9.84. The molecule has 4 heterocycles. The van der Waals surface area contributed by atoms with Gasteiger partial charge in [0.2, 0.25) is 5.95 Å². The van der Waals surface area contributed by atoms with Crippen LogP contribution in [0.4, 0.5) is 11.8 Å². The summed E-state index contributed by atoms with van der Waals surface area (Å²) in [7, 11) is 0. The molecule has 2 atom stereocenters. The number of piperidine rings is 1. The van der Waals surface area contributed by atoms with E-state index in [4.69, 9.17) is 4.98 Å². The van der Waals surface area contributed by atoms with Crippen LogP contribution in [0, 0.1) is 12.3 Å². The van der Waals surface area contributed by atoms with Crippen molar-refractivity contribution in [2.75, 3.05) is 25.0 Å². The van der Waals surface area contributed by atoms with Crippen LogP contribution < -0.4 is 10.9 Å². The highest BCUT2D eigenvalue weighted by Gasteiger charge is 2.28. The van der Waals surface area contributed by atoms with Crippen molar-refractivity contribution in [3.8, 4) is 0 Å². The molecule has 1 aliphatic heterocycles. The van der Waals surface area contributed by atoms with Crippen LogP contribution in [-0.4, -0.2) is 60.4 Å². The van der Waals surface area contributed by atoms with E-state index in [0.29, 0.717) is 28.9 Å². The molecule has 9 nitrogen and oxygen atoms in total. The highest BCUT2D eigenvalue weighted by atomic mass is 16.3. The zero-order chi connectivity index (χ0) is 29.3. The average molecular weight is 563 g/mol. The van der Waals surface area contributed by atoms with Crippen LogP contribution in [0.5, 0.6) is 0 Å². The number of likely N-dealkylation sites (tertiary alicyclic amines) is 1. The van der Waals surface area contributed by atoms with Crippen LogP contribution in [0.2, 0.25) is 0 Å². The first-order valence-corrected chi connectivity index (χ1v) is 15.3. The molecule has 3 aromatic heterocycles. The molecular weight excluding hydrogens is 516 g/mol. The van der Waals surface area contributed by atoms with Crippen molar-refractivity contribution in [2.45, 2.75) is 104 Å². The fourth-order valence-electron chi connectivity index (χ4n) is 7.14. The Morgan fingerprint density at radius 1 is 1.05 bits per heavy atom.